The number of pyridine rings is 2. The van der Waals surface area contributed by atoms with E-state index in [0.29, 0.717) is 5.92 Å². The van der Waals surface area contributed by atoms with Gasteiger partial charge in [0.05, 0.1) is 23.4 Å². The van der Waals surface area contributed by atoms with Crippen molar-refractivity contribution in [2.24, 2.45) is 0 Å². The van der Waals surface area contributed by atoms with Crippen molar-refractivity contribution in [1.82, 2.24) is 14.5 Å². The van der Waals surface area contributed by atoms with E-state index in [-0.39, 0.29) is 0 Å². The van der Waals surface area contributed by atoms with E-state index < -0.39 is 0 Å². The van der Waals surface area contributed by atoms with E-state index in [2.05, 4.69) is 68.5 Å². The summed E-state index contributed by atoms with van der Waals surface area (Å²) >= 11 is 0. The van der Waals surface area contributed by atoms with Crippen LogP contribution in [0.4, 0.5) is 5.82 Å². The quantitative estimate of drug-likeness (QED) is 0.488. The molecule has 0 amide bonds. The summed E-state index contributed by atoms with van der Waals surface area (Å²) in [5, 5.41) is 1.29. The van der Waals surface area contributed by atoms with Crippen molar-refractivity contribution < 1.29 is 4.58 Å². The topological polar surface area (TPSA) is 33.7 Å². The maximum atomic E-state index is 4.62. The van der Waals surface area contributed by atoms with Gasteiger partial charge in [-0.25, -0.2) is 4.58 Å². The van der Waals surface area contributed by atoms with Gasteiger partial charge in [0.2, 0.25) is 0 Å². The molecule has 0 bridgehead atoms. The zero-order valence-corrected chi connectivity index (χ0v) is 14.4. The first-order valence-electron chi connectivity index (χ1n) is 8.97. The van der Waals surface area contributed by atoms with Gasteiger partial charge in [0.25, 0.3) is 5.82 Å². The second-order valence-corrected chi connectivity index (χ2v) is 6.99. The number of aromatic nitrogens is 3. The first kappa shape index (κ1) is 14.0. The number of fused-ring (bicyclic) bond motifs is 6. The molecule has 124 valence electrons. The van der Waals surface area contributed by atoms with Gasteiger partial charge in [-0.3, -0.25) is 9.97 Å². The molecule has 0 spiro atoms. The fraction of sp³-hybridized carbons (Fsp3) is 0.136. The predicted molar refractivity (Wildman–Crippen MR) is 101 cm³/mol. The number of nitrogens with zero attached hydrogens (tertiary/aromatic N) is 4. The number of hydrogen-bond acceptors (Lipinski definition) is 2. The summed E-state index contributed by atoms with van der Waals surface area (Å²) in [5.41, 5.74) is 7.57. The molecule has 2 aliphatic rings. The minimum atomic E-state index is 0.338. The Morgan fingerprint density at radius 2 is 1.92 bits per heavy atom. The Morgan fingerprint density at radius 3 is 2.81 bits per heavy atom. The molecule has 3 aromatic heterocycles. The average molecular weight is 337 g/mol. The van der Waals surface area contributed by atoms with E-state index in [0.717, 1.165) is 6.54 Å². The molecule has 1 aromatic carbocycles. The van der Waals surface area contributed by atoms with Gasteiger partial charge < -0.3 is 0 Å². The number of benzene rings is 1. The first-order chi connectivity index (χ1) is 12.8. The molecule has 0 saturated heterocycles. The van der Waals surface area contributed by atoms with Gasteiger partial charge in [-0.1, -0.05) is 25.1 Å². The van der Waals surface area contributed by atoms with Crippen molar-refractivity contribution in [3.8, 4) is 5.69 Å². The number of rotatable bonds is 1. The second-order valence-electron chi connectivity index (χ2n) is 6.99. The highest BCUT2D eigenvalue weighted by molar-refractivity contribution is 6.10. The lowest BCUT2D eigenvalue weighted by atomic mass is 9.93. The molecule has 6 rings (SSSR count). The molecule has 0 radical (unpaired) electrons. The molecule has 5 heterocycles. The molecular formula is C22H17N4+. The maximum Gasteiger partial charge on any atom is 0.292 e. The summed E-state index contributed by atoms with van der Waals surface area (Å²) in [6, 6.07) is 17.0. The maximum absolute atomic E-state index is 4.62. The van der Waals surface area contributed by atoms with E-state index in [1.54, 1.807) is 0 Å². The Balaban J connectivity index is 1.72. The lowest BCUT2D eigenvalue weighted by Gasteiger charge is -2.05. The van der Waals surface area contributed by atoms with Crippen molar-refractivity contribution in [2.45, 2.75) is 19.4 Å². The fourth-order valence-corrected chi connectivity index (χ4v) is 4.65. The molecule has 0 aliphatic carbocycles. The normalized spacial score (nSPS) is 17.5. The third-order valence-electron chi connectivity index (χ3n) is 5.66. The van der Waals surface area contributed by atoms with E-state index in [1.807, 2.05) is 24.7 Å². The largest absolute Gasteiger partial charge is 0.292 e. The predicted octanol–water partition coefficient (Wildman–Crippen LogP) is 4.18. The van der Waals surface area contributed by atoms with E-state index >= 15 is 0 Å². The van der Waals surface area contributed by atoms with Crippen LogP contribution in [0.25, 0.3) is 16.6 Å². The number of para-hydroxylation sites is 1. The summed E-state index contributed by atoms with van der Waals surface area (Å²) < 4.78 is 4.80. The smallest absolute Gasteiger partial charge is 0.260 e. The molecule has 4 heteroatoms. The second kappa shape index (κ2) is 4.88. The first-order valence-corrected chi connectivity index (χ1v) is 8.97. The van der Waals surface area contributed by atoms with Gasteiger partial charge in [0.15, 0.2) is 5.52 Å². The molecule has 1 unspecified atom stereocenters. The molecule has 26 heavy (non-hydrogen) atoms. The van der Waals surface area contributed by atoms with Gasteiger partial charge in [0, 0.05) is 23.3 Å². The van der Waals surface area contributed by atoms with E-state index in [4.69, 9.17) is 0 Å². The average Bonchev–Trinajstić information content (AvgIpc) is 3.31. The summed E-state index contributed by atoms with van der Waals surface area (Å²) in [6.07, 6.45) is 5.77. The Labute approximate surface area is 151 Å². The molecule has 4 nitrogen and oxygen atoms in total. The van der Waals surface area contributed by atoms with Crippen LogP contribution in [0.5, 0.6) is 0 Å². The monoisotopic (exact) mass is 337 g/mol. The van der Waals surface area contributed by atoms with Gasteiger partial charge in [-0.05, 0) is 30.3 Å². The molecule has 0 saturated carbocycles. The zero-order valence-electron chi connectivity index (χ0n) is 14.4. The van der Waals surface area contributed by atoms with Crippen LogP contribution in [0.3, 0.4) is 0 Å². The summed E-state index contributed by atoms with van der Waals surface area (Å²) in [6.45, 7) is 3.14. The van der Waals surface area contributed by atoms with Crippen LogP contribution >= 0.6 is 0 Å². The van der Waals surface area contributed by atoms with Crippen molar-refractivity contribution in [3.63, 3.8) is 0 Å². The van der Waals surface area contributed by atoms with Crippen molar-refractivity contribution in [3.05, 3.63) is 83.9 Å². The number of hydrogen-bond donors (Lipinski definition) is 0. The third kappa shape index (κ3) is 1.61. The Kier molecular flexibility index (Phi) is 2.62. The van der Waals surface area contributed by atoms with Crippen molar-refractivity contribution in [1.29, 1.82) is 0 Å². The Bertz CT molecular complexity index is 1220. The highest BCUT2D eigenvalue weighted by Crippen LogP contribution is 2.47. The highest BCUT2D eigenvalue weighted by Gasteiger charge is 2.45. The van der Waals surface area contributed by atoms with Gasteiger partial charge in [0.1, 0.15) is 17.9 Å². The lowest BCUT2D eigenvalue weighted by Crippen LogP contribution is -2.11. The van der Waals surface area contributed by atoms with Gasteiger partial charge in [-0.2, -0.15) is 4.57 Å². The summed E-state index contributed by atoms with van der Waals surface area (Å²) in [7, 11) is 0. The van der Waals surface area contributed by atoms with E-state index in [1.165, 1.54) is 44.9 Å². The third-order valence-corrected chi connectivity index (χ3v) is 5.66. The van der Waals surface area contributed by atoms with Crippen LogP contribution in [0.15, 0.2) is 67.1 Å². The standard InChI is InChI=1S/C22H17N4/c1-14-20-17-9-11-23-12-19(17)26(15-6-3-2-4-7-15)22(20)25-13-18-16(21(14)25)8-5-10-24-18/h2-12,14H,13H2,1H3/q+1. The molecule has 0 N–H and O–H groups in total. The summed E-state index contributed by atoms with van der Waals surface area (Å²) in [5.74, 6) is 1.60. The summed E-state index contributed by atoms with van der Waals surface area (Å²) in [4.78, 5) is 9.02. The molecule has 1 atom stereocenters. The molecular weight excluding hydrogens is 320 g/mol. The Hall–Kier alpha value is -3.27. The van der Waals surface area contributed by atoms with Crippen LogP contribution in [0.1, 0.15) is 29.7 Å². The van der Waals surface area contributed by atoms with E-state index in [9.17, 15) is 0 Å². The molecule has 4 aromatic rings. The fourth-order valence-electron chi connectivity index (χ4n) is 4.65. The van der Waals surface area contributed by atoms with Crippen LogP contribution in [-0.2, 0) is 6.54 Å². The van der Waals surface area contributed by atoms with Crippen molar-refractivity contribution in [2.75, 3.05) is 0 Å². The van der Waals surface area contributed by atoms with Crippen LogP contribution in [0, 0.1) is 0 Å². The SMILES string of the molecule is CC1C2=[N+](Cc3ncccc32)c2c1c1ccncc1n2-c1ccccc1. The zero-order chi connectivity index (χ0) is 17.3. The van der Waals surface area contributed by atoms with Gasteiger partial charge >= 0.3 is 0 Å². The Morgan fingerprint density at radius 1 is 1.04 bits per heavy atom. The minimum absolute atomic E-state index is 0.338. The van der Waals surface area contributed by atoms with Gasteiger partial charge in [-0.15, -0.1) is 0 Å². The lowest BCUT2D eigenvalue weighted by molar-refractivity contribution is -0.455. The van der Waals surface area contributed by atoms with Crippen LogP contribution in [0.2, 0.25) is 0 Å². The molecule has 2 aliphatic heterocycles. The highest BCUT2D eigenvalue weighted by atomic mass is 15.2. The van der Waals surface area contributed by atoms with Crippen LogP contribution < -0.4 is 0 Å². The minimum Gasteiger partial charge on any atom is -0.260 e. The van der Waals surface area contributed by atoms with Crippen molar-refractivity contribution >= 4 is 22.4 Å². The van der Waals surface area contributed by atoms with Crippen LogP contribution in [-0.4, -0.2) is 24.8 Å². The molecule has 0 fully saturated rings.